The van der Waals surface area contributed by atoms with Crippen LogP contribution in [0.25, 0.3) is 0 Å². The number of rotatable bonds is 2. The molecule has 0 fully saturated rings. The van der Waals surface area contributed by atoms with E-state index in [1.165, 1.54) is 12.4 Å². The van der Waals surface area contributed by atoms with Crippen LogP contribution in [0.3, 0.4) is 0 Å². The number of aliphatic carboxylic acids is 1. The summed E-state index contributed by atoms with van der Waals surface area (Å²) in [6.07, 6.45) is 2.92. The maximum Gasteiger partial charge on any atom is 0.307 e. The van der Waals surface area contributed by atoms with Gasteiger partial charge in [0.1, 0.15) is 0 Å². The van der Waals surface area contributed by atoms with E-state index < -0.39 is 5.97 Å². The number of hydrogen-bond acceptors (Lipinski definition) is 3. The number of hydrogen-bond donors (Lipinski definition) is 1. The third kappa shape index (κ3) is 3.76. The smallest absolute Gasteiger partial charge is 0.307 e. The van der Waals surface area contributed by atoms with E-state index in [9.17, 15) is 4.79 Å². The molecule has 0 bridgehead atoms. The van der Waals surface area contributed by atoms with Crippen molar-refractivity contribution in [3.8, 4) is 0 Å². The summed E-state index contributed by atoms with van der Waals surface area (Å²) in [5, 5.41) is 15.4. The Kier molecular flexibility index (Phi) is 4.51. The van der Waals surface area contributed by atoms with Crippen LogP contribution in [0.4, 0.5) is 0 Å². The van der Waals surface area contributed by atoms with E-state index in [4.69, 9.17) is 5.11 Å². The van der Waals surface area contributed by atoms with Gasteiger partial charge < -0.3 is 5.11 Å². The van der Waals surface area contributed by atoms with E-state index in [0.717, 1.165) is 0 Å². The molecule has 0 saturated heterocycles. The summed E-state index contributed by atoms with van der Waals surface area (Å²) in [5.41, 5.74) is 0.669. The van der Waals surface area contributed by atoms with Gasteiger partial charge in [0.2, 0.25) is 0 Å². The summed E-state index contributed by atoms with van der Waals surface area (Å²) in [7, 11) is 0. The van der Waals surface area contributed by atoms with Crippen LogP contribution in [0.5, 0.6) is 0 Å². The topological polar surface area (TPSA) is 63.1 Å². The fourth-order valence-corrected chi connectivity index (χ4v) is 0.597. The van der Waals surface area contributed by atoms with Crippen LogP contribution >= 0.6 is 0 Å². The number of carbonyl (C=O) groups is 1. The summed E-state index contributed by atoms with van der Waals surface area (Å²) in [5.74, 6) is -0.854. The van der Waals surface area contributed by atoms with Crippen LogP contribution in [0.2, 0.25) is 0 Å². The van der Waals surface area contributed by atoms with Gasteiger partial charge in [-0.25, -0.2) is 0 Å². The molecular weight excluding hydrogens is 139 g/mol. The Hall–Kier alpha value is -0.853. The molecule has 1 heterocycles. The van der Waals surface area contributed by atoms with E-state index in [2.05, 4.69) is 10.2 Å². The van der Waals surface area contributed by atoms with Crippen molar-refractivity contribution < 1.29 is 9.90 Å². The summed E-state index contributed by atoms with van der Waals surface area (Å²) >= 11 is 0. The summed E-state index contributed by atoms with van der Waals surface area (Å²) in [6, 6.07) is 1.63. The van der Waals surface area contributed by atoms with Gasteiger partial charge in [0.25, 0.3) is 0 Å². The Balaban J connectivity index is 0.000001000. The molecule has 11 heavy (non-hydrogen) atoms. The molecule has 4 nitrogen and oxygen atoms in total. The average molecular weight is 145 g/mol. The molecule has 53 valence electrons. The van der Waals surface area contributed by atoms with Crippen LogP contribution in [-0.2, 0) is 11.2 Å². The summed E-state index contributed by atoms with van der Waals surface area (Å²) in [4.78, 5) is 10.1. The minimum Gasteiger partial charge on any atom is -0.481 e. The van der Waals surface area contributed by atoms with Crippen LogP contribution in [-0.4, -0.2) is 40.1 Å². The summed E-state index contributed by atoms with van der Waals surface area (Å²) < 4.78 is 0. The molecular formula is C6H6LiN2O2. The first-order valence-corrected chi connectivity index (χ1v) is 2.76. The normalized spacial score (nSPS) is 8.36. The van der Waals surface area contributed by atoms with Crippen molar-refractivity contribution in [3.63, 3.8) is 0 Å². The SMILES string of the molecule is O=C(O)Cc1ccnnc1.[Li]. The van der Waals surface area contributed by atoms with Crippen molar-refractivity contribution in [3.05, 3.63) is 24.0 Å². The standard InChI is InChI=1S/C6H6N2O2.Li/c9-6(10)3-5-1-2-7-8-4-5;/h1-2,4H,3H2,(H,9,10);. The molecule has 1 radical (unpaired) electrons. The number of carboxylic acid groups (broad SMARTS) is 1. The molecule has 5 heteroatoms. The van der Waals surface area contributed by atoms with Crippen LogP contribution in [0, 0.1) is 0 Å². The molecule has 0 amide bonds. The van der Waals surface area contributed by atoms with Crippen LogP contribution in [0.15, 0.2) is 18.5 Å². The molecule has 1 aromatic heterocycles. The van der Waals surface area contributed by atoms with Crippen LogP contribution in [0.1, 0.15) is 5.56 Å². The maximum absolute atomic E-state index is 10.1. The fraction of sp³-hybridized carbons (Fsp3) is 0.167. The zero-order chi connectivity index (χ0) is 7.40. The van der Waals surface area contributed by atoms with E-state index >= 15 is 0 Å². The first-order valence-electron chi connectivity index (χ1n) is 2.76. The van der Waals surface area contributed by atoms with Crippen molar-refractivity contribution in [2.75, 3.05) is 0 Å². The minimum absolute atomic E-state index is 0. The summed E-state index contributed by atoms with van der Waals surface area (Å²) in [6.45, 7) is 0. The molecule has 1 N–H and O–H groups in total. The van der Waals surface area contributed by atoms with Gasteiger partial charge in [0, 0.05) is 25.1 Å². The molecule has 0 saturated carbocycles. The van der Waals surface area contributed by atoms with Crippen LogP contribution < -0.4 is 0 Å². The maximum atomic E-state index is 10.1. The van der Waals surface area contributed by atoms with E-state index in [1.54, 1.807) is 6.07 Å². The van der Waals surface area contributed by atoms with Crippen molar-refractivity contribution in [1.29, 1.82) is 0 Å². The second kappa shape index (κ2) is 4.89. The minimum atomic E-state index is -0.854. The second-order valence-corrected chi connectivity index (χ2v) is 1.82. The zero-order valence-corrected chi connectivity index (χ0v) is 6.19. The van der Waals surface area contributed by atoms with E-state index in [-0.39, 0.29) is 25.3 Å². The predicted octanol–water partition coefficient (Wildman–Crippen LogP) is -0.277. The second-order valence-electron chi connectivity index (χ2n) is 1.82. The molecule has 1 rings (SSSR count). The van der Waals surface area contributed by atoms with Crippen molar-refractivity contribution >= 4 is 24.8 Å². The van der Waals surface area contributed by atoms with Gasteiger partial charge in [-0.3, -0.25) is 4.79 Å². The van der Waals surface area contributed by atoms with E-state index in [0.29, 0.717) is 5.56 Å². The van der Waals surface area contributed by atoms with Gasteiger partial charge in [-0.05, 0) is 11.6 Å². The molecule has 0 aromatic carbocycles. The van der Waals surface area contributed by atoms with Gasteiger partial charge in [0.05, 0.1) is 12.6 Å². The zero-order valence-electron chi connectivity index (χ0n) is 6.19. The third-order valence-electron chi connectivity index (χ3n) is 1.00. The Labute approximate surface area is 75.8 Å². The molecule has 1 aromatic rings. The van der Waals surface area contributed by atoms with Crippen molar-refractivity contribution in [2.24, 2.45) is 0 Å². The molecule has 0 spiro atoms. The van der Waals surface area contributed by atoms with Crippen molar-refractivity contribution in [1.82, 2.24) is 10.2 Å². The average Bonchev–Trinajstić information content (AvgIpc) is 1.88. The monoisotopic (exact) mass is 145 g/mol. The van der Waals surface area contributed by atoms with Gasteiger partial charge in [0.15, 0.2) is 0 Å². The van der Waals surface area contributed by atoms with E-state index in [1.807, 2.05) is 0 Å². The van der Waals surface area contributed by atoms with Gasteiger partial charge >= 0.3 is 5.97 Å². The Bertz CT molecular complexity index is 227. The van der Waals surface area contributed by atoms with Gasteiger partial charge in [-0.2, -0.15) is 10.2 Å². The third-order valence-corrected chi connectivity index (χ3v) is 1.00. The number of carboxylic acids is 1. The largest absolute Gasteiger partial charge is 0.481 e. The first kappa shape index (κ1) is 10.1. The fourth-order valence-electron chi connectivity index (χ4n) is 0.597. The molecule has 0 aliphatic rings. The molecule has 0 atom stereocenters. The predicted molar refractivity (Wildman–Crippen MR) is 39.1 cm³/mol. The Morgan fingerprint density at radius 3 is 2.73 bits per heavy atom. The number of nitrogens with zero attached hydrogens (tertiary/aromatic N) is 2. The Morgan fingerprint density at radius 1 is 1.55 bits per heavy atom. The molecule has 0 unspecified atom stereocenters. The van der Waals surface area contributed by atoms with Gasteiger partial charge in [-0.15, -0.1) is 0 Å². The number of aromatic nitrogens is 2. The quantitative estimate of drug-likeness (QED) is 0.581. The Morgan fingerprint density at radius 2 is 2.27 bits per heavy atom. The first-order chi connectivity index (χ1) is 4.79. The van der Waals surface area contributed by atoms with Gasteiger partial charge in [-0.1, -0.05) is 0 Å². The molecule has 0 aliphatic heterocycles. The van der Waals surface area contributed by atoms with Crippen molar-refractivity contribution in [2.45, 2.75) is 6.42 Å². The molecule has 0 aliphatic carbocycles.